The summed E-state index contributed by atoms with van der Waals surface area (Å²) >= 11 is 0. The largest absolute Gasteiger partial charge is 0.344 e. The van der Waals surface area contributed by atoms with Crippen LogP contribution in [0.25, 0.3) is 22.2 Å². The smallest absolute Gasteiger partial charge is 0.224 e. The van der Waals surface area contributed by atoms with Crippen molar-refractivity contribution in [1.82, 2.24) is 15.0 Å². The zero-order chi connectivity index (χ0) is 14.7. The number of H-pyrrole nitrogens is 1. The molecular weight excluding hydrogens is 264 g/mol. The lowest BCUT2D eigenvalue weighted by atomic mass is 10.1. The van der Waals surface area contributed by atoms with E-state index in [1.165, 1.54) is 0 Å². The summed E-state index contributed by atoms with van der Waals surface area (Å²) in [7, 11) is 0. The molecule has 5 heteroatoms. The molecule has 0 aliphatic heterocycles. The quantitative estimate of drug-likeness (QED) is 0.769. The number of aromatic amines is 1. The van der Waals surface area contributed by atoms with E-state index in [-0.39, 0.29) is 5.91 Å². The van der Waals surface area contributed by atoms with Crippen molar-refractivity contribution in [3.63, 3.8) is 0 Å². The van der Waals surface area contributed by atoms with E-state index in [2.05, 4.69) is 20.3 Å². The summed E-state index contributed by atoms with van der Waals surface area (Å²) in [6, 6.07) is 5.88. The van der Waals surface area contributed by atoms with Gasteiger partial charge in [0.15, 0.2) is 0 Å². The van der Waals surface area contributed by atoms with E-state index in [0.29, 0.717) is 6.42 Å². The van der Waals surface area contributed by atoms with Crippen LogP contribution in [-0.2, 0) is 4.79 Å². The third kappa shape index (κ3) is 2.76. The summed E-state index contributed by atoms with van der Waals surface area (Å²) in [6.45, 7) is 1.98. The molecule has 0 radical (unpaired) electrons. The lowest BCUT2D eigenvalue weighted by Crippen LogP contribution is -2.10. The first-order chi connectivity index (χ1) is 10.3. The summed E-state index contributed by atoms with van der Waals surface area (Å²) in [4.78, 5) is 23.3. The van der Waals surface area contributed by atoms with Crippen LogP contribution in [0.3, 0.4) is 0 Å². The Balaban J connectivity index is 1.98. The number of carbonyl (C=O) groups is 1. The van der Waals surface area contributed by atoms with E-state index < -0.39 is 0 Å². The monoisotopic (exact) mass is 280 g/mol. The van der Waals surface area contributed by atoms with Crippen molar-refractivity contribution >= 4 is 22.6 Å². The minimum Gasteiger partial charge on any atom is -0.344 e. The normalized spacial score (nSPS) is 10.7. The fourth-order valence-corrected chi connectivity index (χ4v) is 2.24. The predicted molar refractivity (Wildman–Crippen MR) is 82.9 cm³/mol. The summed E-state index contributed by atoms with van der Waals surface area (Å²) < 4.78 is 0. The number of aromatic nitrogens is 3. The van der Waals surface area contributed by atoms with Gasteiger partial charge in [-0.15, -0.1) is 0 Å². The molecule has 3 aromatic heterocycles. The van der Waals surface area contributed by atoms with Gasteiger partial charge in [0.2, 0.25) is 5.91 Å². The molecule has 2 N–H and O–H groups in total. The molecule has 0 atom stereocenters. The van der Waals surface area contributed by atoms with Gasteiger partial charge in [0.05, 0.1) is 5.69 Å². The first kappa shape index (κ1) is 13.3. The number of hydrogen-bond donors (Lipinski definition) is 2. The van der Waals surface area contributed by atoms with Gasteiger partial charge in [-0.2, -0.15) is 0 Å². The van der Waals surface area contributed by atoms with Crippen LogP contribution in [0.5, 0.6) is 0 Å². The number of fused-ring (bicyclic) bond motifs is 1. The van der Waals surface area contributed by atoms with Gasteiger partial charge in [-0.25, -0.2) is 4.98 Å². The maximum atomic E-state index is 11.8. The van der Waals surface area contributed by atoms with E-state index in [1.807, 2.05) is 25.1 Å². The van der Waals surface area contributed by atoms with Gasteiger partial charge >= 0.3 is 0 Å². The molecule has 3 aromatic rings. The van der Waals surface area contributed by atoms with Crippen LogP contribution in [0.15, 0.2) is 43.0 Å². The molecule has 21 heavy (non-hydrogen) atoms. The Morgan fingerprint density at radius 1 is 1.33 bits per heavy atom. The van der Waals surface area contributed by atoms with Crippen LogP contribution in [0, 0.1) is 0 Å². The van der Waals surface area contributed by atoms with Gasteiger partial charge in [-0.05, 0) is 18.6 Å². The molecule has 3 rings (SSSR count). The lowest BCUT2D eigenvalue weighted by molar-refractivity contribution is -0.116. The number of nitrogens with one attached hydrogen (secondary N) is 2. The molecule has 0 saturated heterocycles. The predicted octanol–water partition coefficient (Wildman–Crippen LogP) is 3.36. The standard InChI is InChI=1S/C16H16N4O/c1-2-4-15(21)20-14-10-19-16-13(14)7-12(9-18-16)11-5-3-6-17-8-11/h3,5-10H,2,4H2,1H3,(H,18,19)(H,20,21). The van der Waals surface area contributed by atoms with Gasteiger partial charge in [0.25, 0.3) is 0 Å². The molecule has 0 spiro atoms. The maximum Gasteiger partial charge on any atom is 0.224 e. The minimum atomic E-state index is 0.0187. The number of carbonyl (C=O) groups excluding carboxylic acids is 1. The second kappa shape index (κ2) is 5.75. The summed E-state index contributed by atoms with van der Waals surface area (Å²) in [5.74, 6) is 0.0187. The highest BCUT2D eigenvalue weighted by molar-refractivity contribution is 6.01. The second-order valence-corrected chi connectivity index (χ2v) is 4.86. The number of rotatable bonds is 4. The molecule has 0 saturated carbocycles. The highest BCUT2D eigenvalue weighted by Gasteiger charge is 2.09. The van der Waals surface area contributed by atoms with E-state index in [4.69, 9.17) is 0 Å². The molecule has 0 unspecified atom stereocenters. The zero-order valence-electron chi connectivity index (χ0n) is 11.8. The van der Waals surface area contributed by atoms with E-state index >= 15 is 0 Å². The van der Waals surface area contributed by atoms with Crippen molar-refractivity contribution in [3.05, 3.63) is 43.0 Å². The number of nitrogens with zero attached hydrogens (tertiary/aromatic N) is 2. The van der Waals surface area contributed by atoms with Crippen molar-refractivity contribution in [1.29, 1.82) is 0 Å². The highest BCUT2D eigenvalue weighted by atomic mass is 16.1. The Bertz CT molecular complexity index is 764. The van der Waals surface area contributed by atoms with Crippen LogP contribution in [0.4, 0.5) is 5.69 Å². The third-order valence-electron chi connectivity index (χ3n) is 3.28. The van der Waals surface area contributed by atoms with Gasteiger partial charge in [-0.1, -0.05) is 13.0 Å². The van der Waals surface area contributed by atoms with Crippen LogP contribution < -0.4 is 5.32 Å². The number of anilines is 1. The van der Waals surface area contributed by atoms with Crippen LogP contribution in [0.1, 0.15) is 19.8 Å². The maximum absolute atomic E-state index is 11.8. The summed E-state index contributed by atoms with van der Waals surface area (Å²) in [5.41, 5.74) is 3.50. The molecule has 106 valence electrons. The third-order valence-corrected chi connectivity index (χ3v) is 3.28. The Hall–Kier alpha value is -2.69. The topological polar surface area (TPSA) is 70.7 Å². The van der Waals surface area contributed by atoms with Crippen LogP contribution in [-0.4, -0.2) is 20.9 Å². The average Bonchev–Trinajstić information content (AvgIpc) is 2.91. The molecule has 0 fully saturated rings. The average molecular weight is 280 g/mol. The molecular formula is C16H16N4O. The van der Waals surface area contributed by atoms with Crippen LogP contribution in [0.2, 0.25) is 0 Å². The number of hydrogen-bond acceptors (Lipinski definition) is 3. The van der Waals surface area contributed by atoms with Crippen molar-refractivity contribution in [2.75, 3.05) is 5.32 Å². The lowest BCUT2D eigenvalue weighted by Gasteiger charge is -2.04. The van der Waals surface area contributed by atoms with Crippen molar-refractivity contribution < 1.29 is 4.79 Å². The molecule has 0 aromatic carbocycles. The van der Waals surface area contributed by atoms with E-state index in [9.17, 15) is 4.79 Å². The SMILES string of the molecule is CCCC(=O)Nc1c[nH]c2ncc(-c3cccnc3)cc12. The zero-order valence-corrected chi connectivity index (χ0v) is 11.8. The fourth-order valence-electron chi connectivity index (χ4n) is 2.24. The van der Waals surface area contributed by atoms with Gasteiger partial charge in [0.1, 0.15) is 5.65 Å². The van der Waals surface area contributed by atoms with Gasteiger partial charge in [0, 0.05) is 47.7 Å². The highest BCUT2D eigenvalue weighted by Crippen LogP contribution is 2.27. The van der Waals surface area contributed by atoms with Gasteiger partial charge < -0.3 is 10.3 Å². The Morgan fingerprint density at radius 3 is 3.00 bits per heavy atom. The second-order valence-electron chi connectivity index (χ2n) is 4.86. The number of amides is 1. The van der Waals surface area contributed by atoms with Gasteiger partial charge in [-0.3, -0.25) is 9.78 Å². The van der Waals surface area contributed by atoms with E-state index in [0.717, 1.165) is 34.3 Å². The van der Waals surface area contributed by atoms with Crippen molar-refractivity contribution in [2.45, 2.75) is 19.8 Å². The first-order valence-electron chi connectivity index (χ1n) is 6.95. The number of pyridine rings is 2. The molecule has 3 heterocycles. The Kier molecular flexibility index (Phi) is 3.64. The van der Waals surface area contributed by atoms with Crippen LogP contribution >= 0.6 is 0 Å². The fraction of sp³-hybridized carbons (Fsp3) is 0.188. The summed E-state index contributed by atoms with van der Waals surface area (Å²) in [6.07, 6.45) is 8.45. The Labute approximate surface area is 122 Å². The minimum absolute atomic E-state index is 0.0187. The first-order valence-corrected chi connectivity index (χ1v) is 6.95. The molecule has 0 aliphatic rings. The molecule has 5 nitrogen and oxygen atoms in total. The van der Waals surface area contributed by atoms with Crippen molar-refractivity contribution in [3.8, 4) is 11.1 Å². The molecule has 0 bridgehead atoms. The van der Waals surface area contributed by atoms with E-state index in [1.54, 1.807) is 24.8 Å². The molecule has 0 aliphatic carbocycles. The summed E-state index contributed by atoms with van der Waals surface area (Å²) in [5, 5.41) is 3.82. The Morgan fingerprint density at radius 2 is 2.24 bits per heavy atom. The van der Waals surface area contributed by atoms with Crippen molar-refractivity contribution in [2.24, 2.45) is 0 Å². The molecule has 1 amide bonds.